The van der Waals surface area contributed by atoms with E-state index in [9.17, 15) is 4.79 Å². The van der Waals surface area contributed by atoms with E-state index in [0.29, 0.717) is 11.5 Å². The Balaban J connectivity index is 2.67. The summed E-state index contributed by atoms with van der Waals surface area (Å²) in [5.74, 6) is -0.0479. The van der Waals surface area contributed by atoms with Crippen molar-refractivity contribution < 1.29 is 4.79 Å². The molecule has 0 heterocycles. The summed E-state index contributed by atoms with van der Waals surface area (Å²) in [6.45, 7) is 4.41. The summed E-state index contributed by atoms with van der Waals surface area (Å²) in [5, 5.41) is 2.85. The molecule has 0 aliphatic heterocycles. The summed E-state index contributed by atoms with van der Waals surface area (Å²) in [7, 11) is 0. The van der Waals surface area contributed by atoms with Gasteiger partial charge in [-0.3, -0.25) is 4.79 Å². The molecule has 0 saturated heterocycles. The summed E-state index contributed by atoms with van der Waals surface area (Å²) in [6, 6.07) is 7.60. The van der Waals surface area contributed by atoms with Gasteiger partial charge in [0, 0.05) is 18.0 Å². The summed E-state index contributed by atoms with van der Waals surface area (Å²) < 4.78 is 0. The monoisotopic (exact) mass is 250 g/mol. The van der Waals surface area contributed by atoms with E-state index in [0.717, 1.165) is 17.5 Å². The Kier molecular flexibility index (Phi) is 5.10. The normalized spacial score (nSPS) is 11.9. The zero-order valence-electron chi connectivity index (χ0n) is 10.2. The summed E-state index contributed by atoms with van der Waals surface area (Å²) in [6.07, 6.45) is 0.842. The Bertz CT molecular complexity index is 418. The first-order chi connectivity index (χ1) is 8.06. The molecule has 1 unspecified atom stereocenters. The van der Waals surface area contributed by atoms with Crippen LogP contribution in [0.5, 0.6) is 0 Å². The molecule has 1 rings (SSSR count). The van der Waals surface area contributed by atoms with Crippen LogP contribution in [0.1, 0.15) is 29.8 Å². The topological polar surface area (TPSA) is 55.1 Å². The van der Waals surface area contributed by atoms with Gasteiger partial charge in [0.2, 0.25) is 0 Å². The van der Waals surface area contributed by atoms with E-state index in [2.05, 4.69) is 5.32 Å². The molecular weight excluding hydrogens is 232 g/mol. The van der Waals surface area contributed by atoms with Gasteiger partial charge in [0.05, 0.1) is 4.99 Å². The second kappa shape index (κ2) is 6.35. The van der Waals surface area contributed by atoms with E-state index < -0.39 is 0 Å². The van der Waals surface area contributed by atoms with Crippen molar-refractivity contribution in [1.82, 2.24) is 5.32 Å². The van der Waals surface area contributed by atoms with E-state index in [-0.39, 0.29) is 11.8 Å². The van der Waals surface area contributed by atoms with Gasteiger partial charge in [0.25, 0.3) is 5.91 Å². The smallest absolute Gasteiger partial charge is 0.251 e. The zero-order chi connectivity index (χ0) is 12.8. The Labute approximate surface area is 107 Å². The van der Waals surface area contributed by atoms with Crippen LogP contribution >= 0.6 is 12.2 Å². The fourth-order valence-corrected chi connectivity index (χ4v) is 1.58. The Hall–Kier alpha value is -1.42. The Morgan fingerprint density at radius 2 is 2.12 bits per heavy atom. The van der Waals surface area contributed by atoms with Crippen molar-refractivity contribution in [2.24, 2.45) is 11.7 Å². The molecule has 3 N–H and O–H groups in total. The van der Waals surface area contributed by atoms with Crippen LogP contribution in [0, 0.1) is 5.92 Å². The summed E-state index contributed by atoms with van der Waals surface area (Å²) in [4.78, 5) is 12.4. The maximum absolute atomic E-state index is 12.0. The number of rotatable bonds is 5. The first-order valence-corrected chi connectivity index (χ1v) is 6.12. The van der Waals surface area contributed by atoms with Crippen LogP contribution in [0.3, 0.4) is 0 Å². The number of benzene rings is 1. The fraction of sp³-hybridized carbons (Fsp3) is 0.385. The maximum Gasteiger partial charge on any atom is 0.251 e. The molecule has 0 spiro atoms. The van der Waals surface area contributed by atoms with Gasteiger partial charge in [-0.2, -0.15) is 0 Å². The van der Waals surface area contributed by atoms with Gasteiger partial charge < -0.3 is 11.1 Å². The minimum atomic E-state index is -0.0643. The SMILES string of the molecule is CCc1ccccc1C(=O)NCC(C)C(N)=S. The van der Waals surface area contributed by atoms with Gasteiger partial charge in [-0.15, -0.1) is 0 Å². The van der Waals surface area contributed by atoms with E-state index in [1.54, 1.807) is 0 Å². The molecule has 0 bridgehead atoms. The number of nitrogens with one attached hydrogen (secondary N) is 1. The lowest BCUT2D eigenvalue weighted by atomic mass is 10.0. The molecule has 4 heteroatoms. The lowest BCUT2D eigenvalue weighted by molar-refractivity contribution is 0.0950. The van der Waals surface area contributed by atoms with Gasteiger partial charge in [0.15, 0.2) is 0 Å². The van der Waals surface area contributed by atoms with Crippen molar-refractivity contribution in [2.75, 3.05) is 6.54 Å². The number of carbonyl (C=O) groups excluding carboxylic acids is 1. The molecule has 1 aromatic rings. The summed E-state index contributed by atoms with van der Waals surface area (Å²) >= 11 is 4.86. The van der Waals surface area contributed by atoms with Crippen molar-refractivity contribution in [3.05, 3.63) is 35.4 Å². The predicted octanol–water partition coefficient (Wildman–Crippen LogP) is 1.90. The van der Waals surface area contributed by atoms with E-state index in [1.165, 1.54) is 0 Å². The van der Waals surface area contributed by atoms with Crippen LogP contribution in [-0.4, -0.2) is 17.4 Å². The van der Waals surface area contributed by atoms with Gasteiger partial charge in [-0.25, -0.2) is 0 Å². The molecule has 92 valence electrons. The van der Waals surface area contributed by atoms with Crippen LogP contribution in [0.25, 0.3) is 0 Å². The van der Waals surface area contributed by atoms with Crippen molar-refractivity contribution in [1.29, 1.82) is 0 Å². The first kappa shape index (κ1) is 13.6. The van der Waals surface area contributed by atoms with Crippen molar-refractivity contribution in [3.63, 3.8) is 0 Å². The zero-order valence-corrected chi connectivity index (χ0v) is 11.0. The number of hydrogen-bond donors (Lipinski definition) is 2. The second-order valence-electron chi connectivity index (χ2n) is 4.02. The summed E-state index contributed by atoms with van der Waals surface area (Å²) in [5.41, 5.74) is 7.27. The number of amides is 1. The molecule has 0 aromatic heterocycles. The molecule has 1 amide bonds. The van der Waals surface area contributed by atoms with Crippen LogP contribution < -0.4 is 11.1 Å². The Morgan fingerprint density at radius 3 is 2.71 bits per heavy atom. The predicted molar refractivity (Wildman–Crippen MR) is 74.1 cm³/mol. The quantitative estimate of drug-likeness (QED) is 0.785. The van der Waals surface area contributed by atoms with E-state index >= 15 is 0 Å². The standard InChI is InChI=1S/C13H18N2OS/c1-3-10-6-4-5-7-11(10)13(16)15-8-9(2)12(14)17/h4-7,9H,3,8H2,1-2H3,(H2,14,17)(H,15,16). The molecule has 0 saturated carbocycles. The van der Waals surface area contributed by atoms with E-state index in [4.69, 9.17) is 18.0 Å². The van der Waals surface area contributed by atoms with Gasteiger partial charge >= 0.3 is 0 Å². The molecular formula is C13H18N2OS. The van der Waals surface area contributed by atoms with Crippen LogP contribution in [0.2, 0.25) is 0 Å². The van der Waals surface area contributed by atoms with Crippen molar-refractivity contribution in [2.45, 2.75) is 20.3 Å². The molecule has 0 fully saturated rings. The molecule has 17 heavy (non-hydrogen) atoms. The van der Waals surface area contributed by atoms with Crippen LogP contribution in [0.4, 0.5) is 0 Å². The van der Waals surface area contributed by atoms with Crippen LogP contribution in [-0.2, 0) is 6.42 Å². The second-order valence-corrected chi connectivity index (χ2v) is 4.50. The first-order valence-electron chi connectivity index (χ1n) is 5.71. The highest BCUT2D eigenvalue weighted by Gasteiger charge is 2.11. The third kappa shape index (κ3) is 3.82. The number of thiocarbonyl (C=S) groups is 1. The molecule has 0 aliphatic carbocycles. The average Bonchev–Trinajstić information content (AvgIpc) is 2.35. The van der Waals surface area contributed by atoms with Crippen molar-refractivity contribution in [3.8, 4) is 0 Å². The van der Waals surface area contributed by atoms with Crippen molar-refractivity contribution >= 4 is 23.1 Å². The maximum atomic E-state index is 12.0. The van der Waals surface area contributed by atoms with Gasteiger partial charge in [-0.05, 0) is 18.1 Å². The third-order valence-corrected chi connectivity index (χ3v) is 3.10. The lowest BCUT2D eigenvalue weighted by Crippen LogP contribution is -2.34. The molecule has 3 nitrogen and oxygen atoms in total. The number of hydrogen-bond acceptors (Lipinski definition) is 2. The minimum absolute atomic E-state index is 0.0164. The molecule has 0 aliphatic rings. The highest BCUT2D eigenvalue weighted by Crippen LogP contribution is 2.09. The number of nitrogens with two attached hydrogens (primary N) is 1. The molecule has 0 radical (unpaired) electrons. The van der Waals surface area contributed by atoms with E-state index in [1.807, 2.05) is 38.1 Å². The minimum Gasteiger partial charge on any atom is -0.393 e. The molecule has 1 aromatic carbocycles. The Morgan fingerprint density at radius 1 is 1.47 bits per heavy atom. The lowest BCUT2D eigenvalue weighted by Gasteiger charge is -2.12. The fourth-order valence-electron chi connectivity index (χ4n) is 1.49. The molecule has 1 atom stereocenters. The largest absolute Gasteiger partial charge is 0.393 e. The number of carbonyl (C=O) groups is 1. The third-order valence-electron chi connectivity index (χ3n) is 2.70. The highest BCUT2D eigenvalue weighted by atomic mass is 32.1. The average molecular weight is 250 g/mol. The van der Waals surface area contributed by atoms with Gasteiger partial charge in [-0.1, -0.05) is 44.3 Å². The van der Waals surface area contributed by atoms with Gasteiger partial charge in [0.1, 0.15) is 0 Å². The van der Waals surface area contributed by atoms with Crippen LogP contribution in [0.15, 0.2) is 24.3 Å². The highest BCUT2D eigenvalue weighted by molar-refractivity contribution is 7.80. The number of aryl methyl sites for hydroxylation is 1.